The van der Waals surface area contributed by atoms with Crippen LogP contribution in [0.5, 0.6) is 0 Å². The Kier molecular flexibility index (Phi) is 5.60. The standard InChI is InChI=1S/C13H14BrN3O2S/c1-2-7-19-11(18)8-20-13-15-12(16-17-13)9-5-3-4-6-10(9)14/h3-6H,2,7-8H2,1H3,(H,15,16,17). The molecular formula is C13H14BrN3O2S. The normalized spacial score (nSPS) is 10.5. The third-order valence-corrected chi connectivity index (χ3v) is 3.89. The van der Waals surface area contributed by atoms with Gasteiger partial charge in [-0.3, -0.25) is 9.89 Å². The molecule has 0 spiro atoms. The molecule has 0 unspecified atom stereocenters. The number of hydrogen-bond acceptors (Lipinski definition) is 5. The summed E-state index contributed by atoms with van der Waals surface area (Å²) in [4.78, 5) is 15.7. The fraction of sp³-hybridized carbons (Fsp3) is 0.308. The van der Waals surface area contributed by atoms with E-state index < -0.39 is 0 Å². The molecule has 20 heavy (non-hydrogen) atoms. The van der Waals surface area contributed by atoms with E-state index in [4.69, 9.17) is 4.74 Å². The molecular weight excluding hydrogens is 342 g/mol. The third-order valence-electron chi connectivity index (χ3n) is 2.38. The van der Waals surface area contributed by atoms with Gasteiger partial charge in [0.25, 0.3) is 0 Å². The molecule has 1 aromatic heterocycles. The van der Waals surface area contributed by atoms with Gasteiger partial charge in [0.05, 0.1) is 12.4 Å². The Bertz CT molecular complexity index is 589. The van der Waals surface area contributed by atoms with Crippen molar-refractivity contribution < 1.29 is 9.53 Å². The van der Waals surface area contributed by atoms with Gasteiger partial charge in [0.15, 0.2) is 5.82 Å². The van der Waals surface area contributed by atoms with E-state index in [2.05, 4.69) is 31.1 Å². The van der Waals surface area contributed by atoms with Crippen LogP contribution >= 0.6 is 27.7 Å². The van der Waals surface area contributed by atoms with Crippen LogP contribution in [-0.2, 0) is 9.53 Å². The number of halogens is 1. The zero-order valence-electron chi connectivity index (χ0n) is 10.9. The summed E-state index contributed by atoms with van der Waals surface area (Å²) in [6.45, 7) is 2.41. The lowest BCUT2D eigenvalue weighted by Crippen LogP contribution is -2.07. The van der Waals surface area contributed by atoms with Crippen molar-refractivity contribution in [2.45, 2.75) is 18.5 Å². The summed E-state index contributed by atoms with van der Waals surface area (Å²) in [5, 5.41) is 7.48. The maximum Gasteiger partial charge on any atom is 0.316 e. The first-order chi connectivity index (χ1) is 9.70. The van der Waals surface area contributed by atoms with Crippen LogP contribution in [-0.4, -0.2) is 33.5 Å². The van der Waals surface area contributed by atoms with E-state index >= 15 is 0 Å². The first-order valence-corrected chi connectivity index (χ1v) is 7.94. The van der Waals surface area contributed by atoms with Gasteiger partial charge in [-0.2, -0.15) is 0 Å². The topological polar surface area (TPSA) is 67.9 Å². The molecule has 0 atom stereocenters. The second-order valence-corrected chi connectivity index (χ2v) is 5.75. The second-order valence-electron chi connectivity index (χ2n) is 3.96. The van der Waals surface area contributed by atoms with Crippen LogP contribution in [0.25, 0.3) is 11.4 Å². The summed E-state index contributed by atoms with van der Waals surface area (Å²) >= 11 is 4.72. The molecule has 0 fully saturated rings. The molecule has 7 heteroatoms. The highest BCUT2D eigenvalue weighted by Gasteiger charge is 2.11. The molecule has 0 saturated carbocycles. The lowest BCUT2D eigenvalue weighted by atomic mass is 10.2. The Balaban J connectivity index is 1.96. The molecule has 0 bridgehead atoms. The maximum atomic E-state index is 11.4. The van der Waals surface area contributed by atoms with Crippen LogP contribution in [0.4, 0.5) is 0 Å². The Hall–Kier alpha value is -1.34. The molecule has 0 aliphatic rings. The van der Waals surface area contributed by atoms with E-state index in [-0.39, 0.29) is 11.7 Å². The van der Waals surface area contributed by atoms with E-state index in [1.807, 2.05) is 31.2 Å². The summed E-state index contributed by atoms with van der Waals surface area (Å²) in [6.07, 6.45) is 0.823. The number of nitrogens with zero attached hydrogens (tertiary/aromatic N) is 2. The number of thioether (sulfide) groups is 1. The largest absolute Gasteiger partial charge is 0.465 e. The van der Waals surface area contributed by atoms with Gasteiger partial charge in [-0.1, -0.05) is 52.8 Å². The monoisotopic (exact) mass is 355 g/mol. The zero-order chi connectivity index (χ0) is 14.4. The van der Waals surface area contributed by atoms with Gasteiger partial charge in [0.1, 0.15) is 0 Å². The molecule has 1 heterocycles. The number of rotatable bonds is 6. The molecule has 1 N–H and O–H groups in total. The fourth-order valence-corrected chi connectivity index (χ4v) is 2.53. The predicted octanol–water partition coefficient (Wildman–Crippen LogP) is 3.28. The number of H-pyrrole nitrogens is 1. The number of nitrogens with one attached hydrogen (secondary N) is 1. The van der Waals surface area contributed by atoms with E-state index in [1.165, 1.54) is 11.8 Å². The van der Waals surface area contributed by atoms with E-state index in [1.54, 1.807) is 0 Å². The van der Waals surface area contributed by atoms with E-state index in [0.717, 1.165) is 16.5 Å². The number of aromatic nitrogens is 3. The van der Waals surface area contributed by atoms with Gasteiger partial charge in [0, 0.05) is 10.0 Å². The highest BCUT2D eigenvalue weighted by molar-refractivity contribution is 9.10. The van der Waals surface area contributed by atoms with Crippen LogP contribution in [0.2, 0.25) is 0 Å². The summed E-state index contributed by atoms with van der Waals surface area (Å²) in [5.41, 5.74) is 0.931. The summed E-state index contributed by atoms with van der Waals surface area (Å²) in [7, 11) is 0. The fourth-order valence-electron chi connectivity index (χ4n) is 1.47. The van der Waals surface area contributed by atoms with Gasteiger partial charge in [0.2, 0.25) is 5.16 Å². The Morgan fingerprint density at radius 1 is 1.45 bits per heavy atom. The number of benzene rings is 1. The van der Waals surface area contributed by atoms with Crippen molar-refractivity contribution in [2.75, 3.05) is 12.4 Å². The number of ether oxygens (including phenoxy) is 1. The number of carbonyl (C=O) groups is 1. The van der Waals surface area contributed by atoms with Crippen molar-refractivity contribution in [3.05, 3.63) is 28.7 Å². The molecule has 0 radical (unpaired) electrons. The average molecular weight is 356 g/mol. The molecule has 0 saturated heterocycles. The van der Waals surface area contributed by atoms with Crippen molar-refractivity contribution in [3.63, 3.8) is 0 Å². The average Bonchev–Trinajstić information content (AvgIpc) is 2.92. The molecule has 106 valence electrons. The maximum absolute atomic E-state index is 11.4. The minimum atomic E-state index is -0.246. The van der Waals surface area contributed by atoms with Crippen LogP contribution in [0.15, 0.2) is 33.9 Å². The minimum Gasteiger partial charge on any atom is -0.465 e. The smallest absolute Gasteiger partial charge is 0.316 e. The van der Waals surface area contributed by atoms with Crippen LogP contribution in [0.1, 0.15) is 13.3 Å². The number of aromatic amines is 1. The van der Waals surface area contributed by atoms with E-state index in [9.17, 15) is 4.79 Å². The lowest BCUT2D eigenvalue weighted by Gasteiger charge is -2.00. The van der Waals surface area contributed by atoms with Crippen LogP contribution < -0.4 is 0 Å². The third kappa shape index (κ3) is 4.08. The molecule has 5 nitrogen and oxygen atoms in total. The minimum absolute atomic E-state index is 0.216. The second kappa shape index (κ2) is 7.44. The summed E-state index contributed by atoms with van der Waals surface area (Å²) in [5.74, 6) is 0.638. The predicted molar refractivity (Wildman–Crippen MR) is 81.5 cm³/mol. The Labute approximate surface area is 129 Å². The van der Waals surface area contributed by atoms with Gasteiger partial charge >= 0.3 is 5.97 Å². The molecule has 2 aromatic rings. The molecule has 0 aliphatic carbocycles. The van der Waals surface area contributed by atoms with Crippen molar-refractivity contribution in [2.24, 2.45) is 0 Å². The van der Waals surface area contributed by atoms with Gasteiger partial charge in [-0.05, 0) is 12.5 Å². The lowest BCUT2D eigenvalue weighted by molar-refractivity contribution is -0.140. The van der Waals surface area contributed by atoms with Crippen molar-refractivity contribution in [1.82, 2.24) is 15.2 Å². The van der Waals surface area contributed by atoms with Crippen LogP contribution in [0.3, 0.4) is 0 Å². The van der Waals surface area contributed by atoms with Gasteiger partial charge in [-0.15, -0.1) is 5.10 Å². The number of carbonyl (C=O) groups excluding carboxylic acids is 1. The first kappa shape index (κ1) is 15.1. The van der Waals surface area contributed by atoms with Crippen molar-refractivity contribution >= 4 is 33.7 Å². The number of esters is 1. The van der Waals surface area contributed by atoms with Crippen molar-refractivity contribution in [3.8, 4) is 11.4 Å². The van der Waals surface area contributed by atoms with Gasteiger partial charge < -0.3 is 4.74 Å². The summed E-state index contributed by atoms with van der Waals surface area (Å²) in [6, 6.07) is 7.74. The van der Waals surface area contributed by atoms with Gasteiger partial charge in [-0.25, -0.2) is 4.98 Å². The number of hydrogen-bond donors (Lipinski definition) is 1. The first-order valence-electron chi connectivity index (χ1n) is 6.16. The summed E-state index contributed by atoms with van der Waals surface area (Å²) < 4.78 is 5.93. The SMILES string of the molecule is CCCOC(=O)CSc1n[nH]c(-c2ccccc2Br)n1. The molecule has 1 aromatic carbocycles. The van der Waals surface area contributed by atoms with Crippen molar-refractivity contribution in [1.29, 1.82) is 0 Å². The van der Waals surface area contributed by atoms with Crippen LogP contribution in [0, 0.1) is 0 Å². The Morgan fingerprint density at radius 2 is 2.25 bits per heavy atom. The van der Waals surface area contributed by atoms with E-state index in [0.29, 0.717) is 17.6 Å². The molecule has 2 rings (SSSR count). The molecule has 0 amide bonds. The highest BCUT2D eigenvalue weighted by Crippen LogP contribution is 2.26. The Morgan fingerprint density at radius 3 is 3.00 bits per heavy atom. The zero-order valence-corrected chi connectivity index (χ0v) is 13.3. The highest BCUT2D eigenvalue weighted by atomic mass is 79.9. The molecule has 0 aliphatic heterocycles. The quantitative estimate of drug-likeness (QED) is 0.636.